The summed E-state index contributed by atoms with van der Waals surface area (Å²) in [5, 5.41) is 12.0. The van der Waals surface area contributed by atoms with Crippen LogP contribution in [0.1, 0.15) is 32.6 Å². The van der Waals surface area contributed by atoms with Gasteiger partial charge in [0.25, 0.3) is 0 Å². The predicted octanol–water partition coefficient (Wildman–Crippen LogP) is 1.06. The molecule has 2 aliphatic rings. The number of hydrogen-bond donors (Lipinski definition) is 2. The summed E-state index contributed by atoms with van der Waals surface area (Å²) in [6.07, 6.45) is 3.13. The molecule has 6 heteroatoms. The van der Waals surface area contributed by atoms with E-state index in [0.29, 0.717) is 26.1 Å². The minimum atomic E-state index is -0.810. The zero-order valence-electron chi connectivity index (χ0n) is 11.3. The number of hydrogen-bond acceptors (Lipinski definition) is 3. The number of amides is 2. The molecule has 19 heavy (non-hydrogen) atoms. The highest BCUT2D eigenvalue weighted by Gasteiger charge is 2.35. The molecule has 2 fully saturated rings. The SMILES string of the molecule is CC1CN(C(=O)NC2CCCC2C(=O)O)CCCO1. The normalized spacial score (nSPS) is 31.8. The van der Waals surface area contributed by atoms with Crippen LogP contribution in [-0.2, 0) is 9.53 Å². The van der Waals surface area contributed by atoms with Gasteiger partial charge >= 0.3 is 12.0 Å². The lowest BCUT2D eigenvalue weighted by Gasteiger charge is -2.26. The van der Waals surface area contributed by atoms with Crippen LogP contribution in [0, 0.1) is 5.92 Å². The topological polar surface area (TPSA) is 78.9 Å². The molecule has 2 amide bonds. The van der Waals surface area contributed by atoms with Gasteiger partial charge in [0.15, 0.2) is 0 Å². The fourth-order valence-corrected chi connectivity index (χ4v) is 2.86. The lowest BCUT2D eigenvalue weighted by atomic mass is 10.0. The highest BCUT2D eigenvalue weighted by Crippen LogP contribution is 2.26. The standard InChI is InChI=1S/C13H22N2O4/c1-9-8-15(6-3-7-19-9)13(18)14-11-5-2-4-10(11)12(16)17/h9-11H,2-8H2,1H3,(H,14,18)(H,16,17). The van der Waals surface area contributed by atoms with E-state index >= 15 is 0 Å². The van der Waals surface area contributed by atoms with Crippen LogP contribution in [0.5, 0.6) is 0 Å². The first kappa shape index (κ1) is 14.1. The number of nitrogens with zero attached hydrogens (tertiary/aromatic N) is 1. The molecule has 2 N–H and O–H groups in total. The lowest BCUT2D eigenvalue weighted by molar-refractivity contribution is -0.142. The Balaban J connectivity index is 1.90. The number of carbonyl (C=O) groups excluding carboxylic acids is 1. The highest BCUT2D eigenvalue weighted by molar-refractivity contribution is 5.77. The average molecular weight is 270 g/mol. The summed E-state index contributed by atoms with van der Waals surface area (Å²) in [7, 11) is 0. The van der Waals surface area contributed by atoms with Crippen molar-refractivity contribution in [3.05, 3.63) is 0 Å². The van der Waals surface area contributed by atoms with Crippen molar-refractivity contribution in [3.8, 4) is 0 Å². The quantitative estimate of drug-likeness (QED) is 0.786. The van der Waals surface area contributed by atoms with Gasteiger partial charge in [-0.15, -0.1) is 0 Å². The minimum absolute atomic E-state index is 0.0344. The molecule has 2 rings (SSSR count). The zero-order chi connectivity index (χ0) is 13.8. The van der Waals surface area contributed by atoms with E-state index in [2.05, 4.69) is 5.32 Å². The van der Waals surface area contributed by atoms with Crippen molar-refractivity contribution in [2.45, 2.75) is 44.8 Å². The maximum absolute atomic E-state index is 12.2. The van der Waals surface area contributed by atoms with Crippen LogP contribution in [0.4, 0.5) is 4.79 Å². The molecule has 6 nitrogen and oxygen atoms in total. The van der Waals surface area contributed by atoms with Gasteiger partial charge in [-0.1, -0.05) is 6.42 Å². The number of nitrogens with one attached hydrogen (secondary N) is 1. The van der Waals surface area contributed by atoms with E-state index in [9.17, 15) is 9.59 Å². The summed E-state index contributed by atoms with van der Waals surface area (Å²) >= 11 is 0. The fourth-order valence-electron chi connectivity index (χ4n) is 2.86. The zero-order valence-corrected chi connectivity index (χ0v) is 11.3. The Bertz CT molecular complexity index is 348. The molecule has 3 unspecified atom stereocenters. The summed E-state index contributed by atoms with van der Waals surface area (Å²) in [6, 6.07) is -0.389. The predicted molar refractivity (Wildman–Crippen MR) is 68.9 cm³/mol. The second-order valence-electron chi connectivity index (χ2n) is 5.41. The first-order chi connectivity index (χ1) is 9.08. The van der Waals surface area contributed by atoms with Crippen LogP contribution >= 0.6 is 0 Å². The smallest absolute Gasteiger partial charge is 0.317 e. The van der Waals surface area contributed by atoms with Gasteiger partial charge in [0, 0.05) is 25.7 Å². The highest BCUT2D eigenvalue weighted by atomic mass is 16.5. The van der Waals surface area contributed by atoms with E-state index in [1.807, 2.05) is 6.92 Å². The van der Waals surface area contributed by atoms with Crippen LogP contribution in [0.25, 0.3) is 0 Å². The van der Waals surface area contributed by atoms with Crippen LogP contribution in [0.15, 0.2) is 0 Å². The number of carboxylic acid groups (broad SMARTS) is 1. The molecule has 1 aliphatic carbocycles. The van der Waals surface area contributed by atoms with Gasteiger partial charge < -0.3 is 20.1 Å². The molecule has 1 saturated heterocycles. The number of carbonyl (C=O) groups is 2. The molecule has 1 aliphatic heterocycles. The van der Waals surface area contributed by atoms with Crippen molar-refractivity contribution >= 4 is 12.0 Å². The largest absolute Gasteiger partial charge is 0.481 e. The van der Waals surface area contributed by atoms with Gasteiger partial charge in [-0.05, 0) is 26.2 Å². The third-order valence-corrected chi connectivity index (χ3v) is 3.88. The number of rotatable bonds is 2. The van der Waals surface area contributed by atoms with Gasteiger partial charge in [-0.25, -0.2) is 4.79 Å². The van der Waals surface area contributed by atoms with Gasteiger partial charge in [-0.3, -0.25) is 4.79 Å². The van der Waals surface area contributed by atoms with E-state index in [0.717, 1.165) is 19.3 Å². The van der Waals surface area contributed by atoms with Crippen LogP contribution in [0.2, 0.25) is 0 Å². The summed E-state index contributed by atoms with van der Waals surface area (Å²) < 4.78 is 5.50. The molecule has 0 radical (unpaired) electrons. The van der Waals surface area contributed by atoms with E-state index in [4.69, 9.17) is 9.84 Å². The van der Waals surface area contributed by atoms with Crippen LogP contribution in [-0.4, -0.2) is 53.8 Å². The molecule has 3 atom stereocenters. The molecule has 1 heterocycles. The second kappa shape index (κ2) is 6.23. The number of urea groups is 1. The van der Waals surface area contributed by atoms with Crippen LogP contribution in [0.3, 0.4) is 0 Å². The van der Waals surface area contributed by atoms with E-state index in [1.54, 1.807) is 4.90 Å². The molecular formula is C13H22N2O4. The Kier molecular flexibility index (Phi) is 4.63. The fraction of sp³-hybridized carbons (Fsp3) is 0.846. The molecule has 0 aromatic carbocycles. The Morgan fingerprint density at radius 2 is 2.11 bits per heavy atom. The van der Waals surface area contributed by atoms with Crippen molar-refractivity contribution in [1.29, 1.82) is 0 Å². The van der Waals surface area contributed by atoms with Crippen LogP contribution < -0.4 is 5.32 Å². The Morgan fingerprint density at radius 3 is 2.84 bits per heavy atom. The van der Waals surface area contributed by atoms with Gasteiger partial charge in [0.2, 0.25) is 0 Å². The Hall–Kier alpha value is -1.30. The van der Waals surface area contributed by atoms with Crippen molar-refractivity contribution in [2.75, 3.05) is 19.7 Å². The molecule has 108 valence electrons. The summed E-state index contributed by atoms with van der Waals surface area (Å²) in [5.41, 5.74) is 0. The van der Waals surface area contributed by atoms with Gasteiger partial charge in [-0.2, -0.15) is 0 Å². The van der Waals surface area contributed by atoms with E-state index < -0.39 is 11.9 Å². The van der Waals surface area contributed by atoms with E-state index in [1.165, 1.54) is 0 Å². The van der Waals surface area contributed by atoms with E-state index in [-0.39, 0.29) is 18.2 Å². The maximum Gasteiger partial charge on any atom is 0.317 e. The average Bonchev–Trinajstić information content (AvgIpc) is 2.70. The molecule has 0 aromatic rings. The number of carboxylic acids is 1. The maximum atomic E-state index is 12.2. The van der Waals surface area contributed by atoms with Crippen molar-refractivity contribution in [2.24, 2.45) is 5.92 Å². The molecule has 1 saturated carbocycles. The first-order valence-corrected chi connectivity index (χ1v) is 6.98. The Labute approximate surface area is 113 Å². The second-order valence-corrected chi connectivity index (χ2v) is 5.41. The van der Waals surface area contributed by atoms with Crippen molar-refractivity contribution in [1.82, 2.24) is 10.2 Å². The number of ether oxygens (including phenoxy) is 1. The molecule has 0 bridgehead atoms. The van der Waals surface area contributed by atoms with Crippen molar-refractivity contribution in [3.63, 3.8) is 0 Å². The third-order valence-electron chi connectivity index (χ3n) is 3.88. The summed E-state index contributed by atoms with van der Waals surface area (Å²) in [6.45, 7) is 3.85. The Morgan fingerprint density at radius 1 is 1.32 bits per heavy atom. The third kappa shape index (κ3) is 3.59. The van der Waals surface area contributed by atoms with Gasteiger partial charge in [0.1, 0.15) is 0 Å². The summed E-state index contributed by atoms with van der Waals surface area (Å²) in [4.78, 5) is 25.0. The monoisotopic (exact) mass is 270 g/mol. The molecule has 0 spiro atoms. The molecular weight excluding hydrogens is 248 g/mol. The number of aliphatic carboxylic acids is 1. The minimum Gasteiger partial charge on any atom is -0.481 e. The van der Waals surface area contributed by atoms with Gasteiger partial charge in [0.05, 0.1) is 12.0 Å². The summed E-state index contributed by atoms with van der Waals surface area (Å²) in [5.74, 6) is -1.25. The van der Waals surface area contributed by atoms with Crippen molar-refractivity contribution < 1.29 is 19.4 Å². The lowest BCUT2D eigenvalue weighted by Crippen LogP contribution is -2.48. The first-order valence-electron chi connectivity index (χ1n) is 6.98. The molecule has 0 aromatic heterocycles.